The van der Waals surface area contributed by atoms with Gasteiger partial charge in [0.25, 0.3) is 0 Å². The van der Waals surface area contributed by atoms with E-state index in [0.717, 1.165) is 6.07 Å². The molecule has 82 valence electrons. The molecule has 0 unspecified atom stereocenters. The number of hydrogen-bond donors (Lipinski definition) is 1. The normalized spacial score (nSPS) is 9.80. The lowest BCUT2D eigenvalue weighted by molar-refractivity contribution is -0.136. The Morgan fingerprint density at radius 2 is 1.93 bits per heavy atom. The Kier molecular flexibility index (Phi) is 3.49. The van der Waals surface area contributed by atoms with Gasteiger partial charge in [-0.25, -0.2) is 4.39 Å². The quantitative estimate of drug-likeness (QED) is 0.824. The van der Waals surface area contributed by atoms with Gasteiger partial charge in [0.15, 0.2) is 11.6 Å². The highest BCUT2D eigenvalue weighted by atomic mass is 19.1. The number of hydrogen-bond acceptors (Lipinski definition) is 3. The molecular weight excluding hydrogens is 203 g/mol. The van der Waals surface area contributed by atoms with Gasteiger partial charge in [-0.2, -0.15) is 0 Å². The van der Waals surface area contributed by atoms with Gasteiger partial charge < -0.3 is 14.6 Å². The molecule has 15 heavy (non-hydrogen) atoms. The summed E-state index contributed by atoms with van der Waals surface area (Å²) in [4.78, 5) is 10.5. The van der Waals surface area contributed by atoms with Crippen molar-refractivity contribution in [2.75, 3.05) is 14.2 Å². The van der Waals surface area contributed by atoms with E-state index in [-0.39, 0.29) is 17.9 Å². The molecule has 1 aromatic rings. The Balaban J connectivity index is 3.16. The lowest BCUT2D eigenvalue weighted by Crippen LogP contribution is -2.03. The summed E-state index contributed by atoms with van der Waals surface area (Å²) >= 11 is 0. The van der Waals surface area contributed by atoms with Crippen LogP contribution in [-0.2, 0) is 11.2 Å². The molecule has 0 aliphatic carbocycles. The number of carboxylic acid groups (broad SMARTS) is 1. The number of halogens is 1. The summed E-state index contributed by atoms with van der Waals surface area (Å²) in [6.07, 6.45) is -0.236. The van der Waals surface area contributed by atoms with Crippen LogP contribution >= 0.6 is 0 Å². The van der Waals surface area contributed by atoms with E-state index in [0.29, 0.717) is 5.56 Å². The highest BCUT2D eigenvalue weighted by molar-refractivity contribution is 5.71. The first kappa shape index (κ1) is 11.3. The zero-order valence-electron chi connectivity index (χ0n) is 8.41. The molecule has 0 heterocycles. The average molecular weight is 214 g/mol. The molecule has 1 aromatic carbocycles. The van der Waals surface area contributed by atoms with Crippen LogP contribution in [0.5, 0.6) is 11.5 Å². The predicted molar refractivity (Wildman–Crippen MR) is 50.8 cm³/mol. The Bertz CT molecular complexity index is 376. The van der Waals surface area contributed by atoms with Crippen molar-refractivity contribution < 1.29 is 23.8 Å². The van der Waals surface area contributed by atoms with E-state index in [4.69, 9.17) is 14.6 Å². The predicted octanol–water partition coefficient (Wildman–Crippen LogP) is 1.47. The van der Waals surface area contributed by atoms with Crippen LogP contribution in [0, 0.1) is 5.82 Å². The Hall–Kier alpha value is -1.78. The summed E-state index contributed by atoms with van der Waals surface area (Å²) in [6.45, 7) is 0. The average Bonchev–Trinajstić information content (AvgIpc) is 2.19. The van der Waals surface area contributed by atoms with Gasteiger partial charge in [0.2, 0.25) is 0 Å². The molecule has 0 amide bonds. The molecule has 0 spiro atoms. The molecule has 0 fully saturated rings. The fourth-order valence-electron chi connectivity index (χ4n) is 1.22. The van der Waals surface area contributed by atoms with Crippen molar-refractivity contribution >= 4 is 5.97 Å². The summed E-state index contributed by atoms with van der Waals surface area (Å²) in [5, 5.41) is 8.63. The number of carbonyl (C=O) groups is 1. The maximum Gasteiger partial charge on any atom is 0.307 e. The molecule has 0 saturated carbocycles. The van der Waals surface area contributed by atoms with E-state index in [9.17, 15) is 9.18 Å². The Labute approximate surface area is 86.2 Å². The SMILES string of the molecule is COc1cc(CC(=O)O)c(OC)cc1F. The third-order valence-electron chi connectivity index (χ3n) is 1.90. The zero-order chi connectivity index (χ0) is 11.4. The number of ether oxygens (including phenoxy) is 2. The van der Waals surface area contributed by atoms with E-state index < -0.39 is 11.8 Å². The van der Waals surface area contributed by atoms with E-state index in [1.807, 2.05) is 0 Å². The number of carboxylic acids is 1. The van der Waals surface area contributed by atoms with Crippen LogP contribution in [0.1, 0.15) is 5.56 Å². The van der Waals surface area contributed by atoms with Gasteiger partial charge in [-0.1, -0.05) is 0 Å². The Morgan fingerprint density at radius 1 is 1.33 bits per heavy atom. The van der Waals surface area contributed by atoms with E-state index in [1.54, 1.807) is 0 Å². The molecule has 1 rings (SSSR count). The van der Waals surface area contributed by atoms with Crippen LogP contribution in [0.4, 0.5) is 4.39 Å². The fourth-order valence-corrected chi connectivity index (χ4v) is 1.22. The molecule has 5 heteroatoms. The Morgan fingerprint density at radius 3 is 2.40 bits per heavy atom. The standard InChI is InChI=1S/C10H11FO4/c1-14-8-5-7(11)9(15-2)3-6(8)4-10(12)13/h3,5H,4H2,1-2H3,(H,12,13). The van der Waals surface area contributed by atoms with Crippen molar-refractivity contribution in [1.82, 2.24) is 0 Å². The molecule has 0 aliphatic rings. The highest BCUT2D eigenvalue weighted by Crippen LogP contribution is 2.27. The van der Waals surface area contributed by atoms with Crippen LogP contribution in [0.3, 0.4) is 0 Å². The second kappa shape index (κ2) is 4.63. The summed E-state index contributed by atoms with van der Waals surface area (Å²) in [7, 11) is 2.67. The van der Waals surface area contributed by atoms with Crippen LogP contribution in [0.2, 0.25) is 0 Å². The maximum absolute atomic E-state index is 13.2. The molecule has 1 N–H and O–H groups in total. The van der Waals surface area contributed by atoms with Crippen molar-refractivity contribution in [3.63, 3.8) is 0 Å². The molecule has 0 saturated heterocycles. The van der Waals surface area contributed by atoms with Gasteiger partial charge in [0.1, 0.15) is 5.75 Å². The molecule has 0 aliphatic heterocycles. The number of rotatable bonds is 4. The molecule has 0 radical (unpaired) electrons. The zero-order valence-corrected chi connectivity index (χ0v) is 8.41. The van der Waals surface area contributed by atoms with Crippen molar-refractivity contribution in [1.29, 1.82) is 0 Å². The molecule has 0 bridgehead atoms. The smallest absolute Gasteiger partial charge is 0.307 e. The van der Waals surface area contributed by atoms with Crippen LogP contribution < -0.4 is 9.47 Å². The van der Waals surface area contributed by atoms with Gasteiger partial charge in [0, 0.05) is 11.6 Å². The largest absolute Gasteiger partial charge is 0.496 e. The summed E-state index contributed by atoms with van der Waals surface area (Å²) in [6, 6.07) is 2.43. The van der Waals surface area contributed by atoms with Crippen LogP contribution in [-0.4, -0.2) is 25.3 Å². The van der Waals surface area contributed by atoms with E-state index >= 15 is 0 Å². The minimum atomic E-state index is -1.01. The molecule has 4 nitrogen and oxygen atoms in total. The van der Waals surface area contributed by atoms with Crippen molar-refractivity contribution in [2.24, 2.45) is 0 Å². The van der Waals surface area contributed by atoms with Gasteiger partial charge in [0.05, 0.1) is 20.6 Å². The van der Waals surface area contributed by atoms with E-state index in [2.05, 4.69) is 0 Å². The topological polar surface area (TPSA) is 55.8 Å². The van der Waals surface area contributed by atoms with Crippen molar-refractivity contribution in [3.05, 3.63) is 23.5 Å². The maximum atomic E-state index is 13.2. The molecule has 0 atom stereocenters. The minimum Gasteiger partial charge on any atom is -0.496 e. The third kappa shape index (κ3) is 2.59. The van der Waals surface area contributed by atoms with Gasteiger partial charge in [-0.15, -0.1) is 0 Å². The summed E-state index contributed by atoms with van der Waals surface area (Å²) < 4.78 is 22.8. The number of benzene rings is 1. The van der Waals surface area contributed by atoms with Gasteiger partial charge >= 0.3 is 5.97 Å². The molecular formula is C10H11FO4. The minimum absolute atomic E-state index is 0.00653. The second-order valence-electron chi connectivity index (χ2n) is 2.87. The fraction of sp³-hybridized carbons (Fsp3) is 0.300. The van der Waals surface area contributed by atoms with E-state index in [1.165, 1.54) is 20.3 Å². The lowest BCUT2D eigenvalue weighted by Gasteiger charge is -2.09. The first-order chi connectivity index (χ1) is 7.08. The summed E-state index contributed by atoms with van der Waals surface area (Å²) in [5.41, 5.74) is 0.378. The first-order valence-corrected chi connectivity index (χ1v) is 4.20. The highest BCUT2D eigenvalue weighted by Gasteiger charge is 2.13. The monoisotopic (exact) mass is 214 g/mol. The first-order valence-electron chi connectivity index (χ1n) is 4.20. The number of methoxy groups -OCH3 is 2. The van der Waals surface area contributed by atoms with Crippen molar-refractivity contribution in [3.8, 4) is 11.5 Å². The number of aliphatic carboxylic acids is 1. The van der Waals surface area contributed by atoms with Crippen LogP contribution in [0.25, 0.3) is 0 Å². The van der Waals surface area contributed by atoms with Crippen molar-refractivity contribution in [2.45, 2.75) is 6.42 Å². The lowest BCUT2D eigenvalue weighted by atomic mass is 10.1. The van der Waals surface area contributed by atoms with Gasteiger partial charge in [-0.05, 0) is 6.07 Å². The molecule has 0 aromatic heterocycles. The van der Waals surface area contributed by atoms with Gasteiger partial charge in [-0.3, -0.25) is 4.79 Å². The van der Waals surface area contributed by atoms with Crippen LogP contribution in [0.15, 0.2) is 12.1 Å². The second-order valence-corrected chi connectivity index (χ2v) is 2.87. The summed E-state index contributed by atoms with van der Waals surface area (Å²) in [5.74, 6) is -1.38. The third-order valence-corrected chi connectivity index (χ3v) is 1.90.